The van der Waals surface area contributed by atoms with Crippen molar-refractivity contribution >= 4 is 23.8 Å². The number of hydrogen-bond acceptors (Lipinski definition) is 5. The molecule has 116 valence electrons. The number of carbonyl (C=O) groups is 2. The number of methoxy groups -OCH3 is 1. The predicted octanol–water partition coefficient (Wildman–Crippen LogP) is 2.52. The highest BCUT2D eigenvalue weighted by atomic mass is 16.6. The molecule has 0 heterocycles. The maximum Gasteiger partial charge on any atom is 0.413 e. The van der Waals surface area contributed by atoms with Crippen LogP contribution < -0.4 is 5.32 Å². The number of carbonyl (C=O) groups excluding carboxylic acids is 2. The van der Waals surface area contributed by atoms with Crippen molar-refractivity contribution in [1.82, 2.24) is 5.32 Å². The Bertz CT molecular complexity index is 609. The van der Waals surface area contributed by atoms with Crippen LogP contribution in [0.2, 0.25) is 0 Å². The molecule has 0 bridgehead atoms. The van der Waals surface area contributed by atoms with Crippen molar-refractivity contribution in [3.8, 4) is 0 Å². The van der Waals surface area contributed by atoms with Gasteiger partial charge in [0.05, 0.1) is 12.0 Å². The predicted molar refractivity (Wildman–Crippen MR) is 78.9 cm³/mol. The zero-order valence-corrected chi connectivity index (χ0v) is 12.0. The molecule has 1 aromatic rings. The molecule has 0 aliphatic heterocycles. The van der Waals surface area contributed by atoms with Gasteiger partial charge in [-0.3, -0.25) is 20.2 Å². The molecule has 1 N–H and O–H groups in total. The van der Waals surface area contributed by atoms with Gasteiger partial charge in [0.1, 0.15) is 0 Å². The first kappa shape index (κ1) is 15.7. The SMILES string of the molecule is COC(=O)NC(=O)CC1CC1/C=C/c1ccc([N+](=O)[O-])cc1. The Kier molecular flexibility index (Phi) is 4.88. The van der Waals surface area contributed by atoms with Crippen LogP contribution in [0.1, 0.15) is 18.4 Å². The summed E-state index contributed by atoms with van der Waals surface area (Å²) < 4.78 is 4.35. The van der Waals surface area contributed by atoms with Gasteiger partial charge in [-0.1, -0.05) is 12.2 Å². The van der Waals surface area contributed by atoms with Crippen LogP contribution in [0.25, 0.3) is 6.08 Å². The Balaban J connectivity index is 1.80. The number of alkyl carbamates (subject to hydrolysis) is 1. The van der Waals surface area contributed by atoms with Crippen molar-refractivity contribution in [3.05, 3.63) is 46.0 Å². The fraction of sp³-hybridized carbons (Fsp3) is 0.333. The maximum absolute atomic E-state index is 11.5. The summed E-state index contributed by atoms with van der Waals surface area (Å²) in [6.45, 7) is 0. The Hall–Kier alpha value is -2.70. The number of imide groups is 1. The van der Waals surface area contributed by atoms with Crippen molar-refractivity contribution in [2.24, 2.45) is 11.8 Å². The average Bonchev–Trinajstić information content (AvgIpc) is 3.23. The Labute approximate surface area is 127 Å². The number of nitrogens with zero attached hydrogens (tertiary/aromatic N) is 1. The number of rotatable bonds is 5. The fourth-order valence-corrected chi connectivity index (χ4v) is 2.14. The van der Waals surface area contributed by atoms with E-state index >= 15 is 0 Å². The molecule has 2 atom stereocenters. The summed E-state index contributed by atoms with van der Waals surface area (Å²) in [5, 5.41) is 12.7. The molecule has 0 saturated heterocycles. The molecule has 2 amide bonds. The lowest BCUT2D eigenvalue weighted by Gasteiger charge is -2.00. The van der Waals surface area contributed by atoms with Crippen molar-refractivity contribution in [3.63, 3.8) is 0 Å². The molecule has 0 radical (unpaired) electrons. The minimum absolute atomic E-state index is 0.0564. The van der Waals surface area contributed by atoms with Crippen LogP contribution in [0.15, 0.2) is 30.3 Å². The van der Waals surface area contributed by atoms with Crippen LogP contribution in [0.4, 0.5) is 10.5 Å². The molecule has 7 heteroatoms. The number of allylic oxidation sites excluding steroid dienone is 1. The zero-order valence-electron chi connectivity index (χ0n) is 12.0. The van der Waals surface area contributed by atoms with E-state index in [-0.39, 0.29) is 23.9 Å². The molecular weight excluding hydrogens is 288 g/mol. The second-order valence-electron chi connectivity index (χ2n) is 5.11. The first-order valence-corrected chi connectivity index (χ1v) is 6.80. The topological polar surface area (TPSA) is 98.5 Å². The fourth-order valence-electron chi connectivity index (χ4n) is 2.14. The van der Waals surface area contributed by atoms with Gasteiger partial charge >= 0.3 is 6.09 Å². The number of amides is 2. The van der Waals surface area contributed by atoms with E-state index < -0.39 is 11.0 Å². The lowest BCUT2D eigenvalue weighted by atomic mass is 10.1. The summed E-state index contributed by atoms with van der Waals surface area (Å²) in [6, 6.07) is 6.26. The van der Waals surface area contributed by atoms with Gasteiger partial charge in [0.15, 0.2) is 0 Å². The summed E-state index contributed by atoms with van der Waals surface area (Å²) in [6.07, 6.45) is 4.29. The van der Waals surface area contributed by atoms with Crippen LogP contribution in [0.5, 0.6) is 0 Å². The number of non-ortho nitro benzene ring substituents is 1. The number of benzene rings is 1. The molecule has 22 heavy (non-hydrogen) atoms. The molecule has 1 aliphatic rings. The highest BCUT2D eigenvalue weighted by Gasteiger charge is 2.36. The van der Waals surface area contributed by atoms with Crippen molar-refractivity contribution in [2.75, 3.05) is 7.11 Å². The van der Waals surface area contributed by atoms with E-state index in [0.29, 0.717) is 5.92 Å². The van der Waals surface area contributed by atoms with Gasteiger partial charge in [-0.15, -0.1) is 0 Å². The van der Waals surface area contributed by atoms with Gasteiger partial charge in [0.2, 0.25) is 5.91 Å². The third-order valence-corrected chi connectivity index (χ3v) is 3.49. The molecule has 1 fully saturated rings. The Morgan fingerprint density at radius 1 is 1.41 bits per heavy atom. The van der Waals surface area contributed by atoms with Crippen molar-refractivity contribution in [2.45, 2.75) is 12.8 Å². The number of hydrogen-bond donors (Lipinski definition) is 1. The summed E-state index contributed by atoms with van der Waals surface area (Å²) >= 11 is 0. The lowest BCUT2D eigenvalue weighted by Crippen LogP contribution is -2.30. The largest absolute Gasteiger partial charge is 0.453 e. The highest BCUT2D eigenvalue weighted by Crippen LogP contribution is 2.42. The van der Waals surface area contributed by atoms with E-state index in [4.69, 9.17) is 0 Å². The van der Waals surface area contributed by atoms with E-state index in [2.05, 4.69) is 10.1 Å². The number of nitrogens with one attached hydrogen (secondary N) is 1. The molecule has 2 unspecified atom stereocenters. The molecular formula is C15H16N2O5. The zero-order chi connectivity index (χ0) is 16.1. The normalized spacial score (nSPS) is 19.7. The first-order valence-electron chi connectivity index (χ1n) is 6.80. The van der Waals surface area contributed by atoms with Gasteiger partial charge in [-0.05, 0) is 36.0 Å². The smallest absolute Gasteiger partial charge is 0.413 e. The van der Waals surface area contributed by atoms with Crippen LogP contribution in [-0.2, 0) is 9.53 Å². The Morgan fingerprint density at radius 3 is 2.68 bits per heavy atom. The summed E-state index contributed by atoms with van der Waals surface area (Å²) in [4.78, 5) is 32.5. The number of nitro benzene ring substituents is 1. The average molecular weight is 304 g/mol. The van der Waals surface area contributed by atoms with Crippen LogP contribution in [0.3, 0.4) is 0 Å². The van der Waals surface area contributed by atoms with Crippen LogP contribution in [-0.4, -0.2) is 24.0 Å². The van der Waals surface area contributed by atoms with Crippen molar-refractivity contribution < 1.29 is 19.2 Å². The van der Waals surface area contributed by atoms with Crippen LogP contribution in [0, 0.1) is 22.0 Å². The molecule has 1 aliphatic carbocycles. The third kappa shape index (κ3) is 4.41. The van der Waals surface area contributed by atoms with E-state index in [9.17, 15) is 19.7 Å². The third-order valence-electron chi connectivity index (χ3n) is 3.49. The van der Waals surface area contributed by atoms with Gasteiger partial charge in [-0.2, -0.15) is 0 Å². The van der Waals surface area contributed by atoms with Gasteiger partial charge in [0.25, 0.3) is 5.69 Å². The molecule has 0 spiro atoms. The van der Waals surface area contributed by atoms with E-state index in [1.54, 1.807) is 12.1 Å². The van der Waals surface area contributed by atoms with Gasteiger partial charge < -0.3 is 4.74 Å². The molecule has 1 saturated carbocycles. The maximum atomic E-state index is 11.5. The highest BCUT2D eigenvalue weighted by molar-refractivity contribution is 5.91. The standard InChI is InChI=1S/C15H16N2O5/c1-22-15(19)16-14(18)9-12-8-11(12)5-2-10-3-6-13(7-4-10)17(20)21/h2-7,11-12H,8-9H2,1H3,(H,16,18,19)/b5-2+. The molecule has 0 aromatic heterocycles. The molecule has 2 rings (SSSR count). The first-order chi connectivity index (χ1) is 10.5. The Morgan fingerprint density at radius 2 is 2.09 bits per heavy atom. The molecule has 1 aromatic carbocycles. The summed E-state index contributed by atoms with van der Waals surface area (Å²) in [7, 11) is 1.20. The minimum Gasteiger partial charge on any atom is -0.453 e. The van der Waals surface area contributed by atoms with Gasteiger partial charge in [0, 0.05) is 18.6 Å². The van der Waals surface area contributed by atoms with Crippen molar-refractivity contribution in [1.29, 1.82) is 0 Å². The summed E-state index contributed by atoms with van der Waals surface area (Å²) in [5.41, 5.74) is 0.927. The van der Waals surface area contributed by atoms with E-state index in [1.807, 2.05) is 12.2 Å². The minimum atomic E-state index is -0.747. The van der Waals surface area contributed by atoms with E-state index in [1.165, 1.54) is 19.2 Å². The second-order valence-corrected chi connectivity index (χ2v) is 5.11. The number of ether oxygens (including phenoxy) is 1. The molecule has 7 nitrogen and oxygen atoms in total. The number of nitro groups is 1. The second kappa shape index (κ2) is 6.84. The monoisotopic (exact) mass is 304 g/mol. The van der Waals surface area contributed by atoms with E-state index in [0.717, 1.165) is 12.0 Å². The van der Waals surface area contributed by atoms with Crippen LogP contribution >= 0.6 is 0 Å². The quantitative estimate of drug-likeness (QED) is 0.665. The summed E-state index contributed by atoms with van der Waals surface area (Å²) in [5.74, 6) is 0.167. The lowest BCUT2D eigenvalue weighted by molar-refractivity contribution is -0.384. The van der Waals surface area contributed by atoms with Gasteiger partial charge in [-0.25, -0.2) is 4.79 Å².